The summed E-state index contributed by atoms with van der Waals surface area (Å²) in [6.07, 6.45) is 2.97. The van der Waals surface area contributed by atoms with Crippen LogP contribution in [0.2, 0.25) is 0 Å². The first-order valence-corrected chi connectivity index (χ1v) is 7.32. The zero-order valence-electron chi connectivity index (χ0n) is 12.0. The fourth-order valence-corrected chi connectivity index (χ4v) is 2.53. The largest absolute Gasteiger partial charge is 0.353 e. The minimum Gasteiger partial charge on any atom is -0.353 e. The number of nitrogens with zero attached hydrogens (tertiary/aromatic N) is 1. The van der Waals surface area contributed by atoms with Crippen LogP contribution in [0.5, 0.6) is 0 Å². The van der Waals surface area contributed by atoms with Crippen LogP contribution in [0.25, 0.3) is 0 Å². The molecule has 3 amide bonds. The Bertz CT molecular complexity index is 620. The third-order valence-electron chi connectivity index (χ3n) is 3.85. The highest BCUT2D eigenvalue weighted by atomic mass is 16.2. The molecule has 0 aromatic heterocycles. The van der Waals surface area contributed by atoms with Gasteiger partial charge in [0.25, 0.3) is 11.8 Å². The minimum absolute atomic E-state index is 0.00459. The van der Waals surface area contributed by atoms with Gasteiger partial charge in [-0.3, -0.25) is 19.3 Å². The van der Waals surface area contributed by atoms with Gasteiger partial charge < -0.3 is 5.32 Å². The number of hydrogen-bond acceptors (Lipinski definition) is 3. The molecule has 1 N–H and O–H groups in total. The van der Waals surface area contributed by atoms with E-state index in [1.165, 1.54) is 4.90 Å². The summed E-state index contributed by atoms with van der Waals surface area (Å²) in [5.41, 5.74) is 1.90. The van der Waals surface area contributed by atoms with E-state index < -0.39 is 0 Å². The molecule has 0 unspecified atom stereocenters. The summed E-state index contributed by atoms with van der Waals surface area (Å²) in [4.78, 5) is 37.3. The van der Waals surface area contributed by atoms with E-state index in [1.54, 1.807) is 12.1 Å². The molecule has 5 heteroatoms. The predicted molar refractivity (Wildman–Crippen MR) is 76.9 cm³/mol. The molecule has 5 nitrogen and oxygen atoms in total. The van der Waals surface area contributed by atoms with Gasteiger partial charge in [0.1, 0.15) is 0 Å². The Labute approximate surface area is 123 Å². The van der Waals surface area contributed by atoms with Crippen LogP contribution in [-0.2, 0) is 4.79 Å². The molecule has 3 rings (SSSR count). The number of carbonyl (C=O) groups excluding carboxylic acids is 3. The minimum atomic E-state index is -0.252. The van der Waals surface area contributed by atoms with Crippen molar-refractivity contribution in [1.82, 2.24) is 10.2 Å². The summed E-state index contributed by atoms with van der Waals surface area (Å²) >= 11 is 0. The van der Waals surface area contributed by atoms with Crippen molar-refractivity contribution in [2.45, 2.75) is 38.6 Å². The number of rotatable bonds is 5. The van der Waals surface area contributed by atoms with Gasteiger partial charge in [-0.1, -0.05) is 11.6 Å². The summed E-state index contributed by atoms with van der Waals surface area (Å²) in [5.74, 6) is -0.496. The number of imide groups is 1. The van der Waals surface area contributed by atoms with E-state index in [9.17, 15) is 14.4 Å². The van der Waals surface area contributed by atoms with Crippen molar-refractivity contribution in [3.63, 3.8) is 0 Å². The topological polar surface area (TPSA) is 66.5 Å². The van der Waals surface area contributed by atoms with Crippen molar-refractivity contribution in [1.29, 1.82) is 0 Å². The molecule has 0 atom stereocenters. The lowest BCUT2D eigenvalue weighted by Crippen LogP contribution is -2.32. The van der Waals surface area contributed by atoms with Crippen LogP contribution in [0, 0.1) is 6.92 Å². The fourth-order valence-electron chi connectivity index (χ4n) is 2.53. The molecule has 21 heavy (non-hydrogen) atoms. The highest BCUT2D eigenvalue weighted by molar-refractivity contribution is 6.21. The van der Waals surface area contributed by atoms with Gasteiger partial charge in [0.15, 0.2) is 0 Å². The maximum absolute atomic E-state index is 12.2. The molecule has 0 spiro atoms. The smallest absolute Gasteiger partial charge is 0.261 e. The van der Waals surface area contributed by atoms with Gasteiger partial charge >= 0.3 is 0 Å². The van der Waals surface area contributed by atoms with E-state index in [2.05, 4.69) is 5.32 Å². The summed E-state index contributed by atoms with van der Waals surface area (Å²) in [7, 11) is 0. The van der Waals surface area contributed by atoms with Crippen LogP contribution in [0.15, 0.2) is 18.2 Å². The Morgan fingerprint density at radius 2 is 1.95 bits per heavy atom. The summed E-state index contributed by atoms with van der Waals surface area (Å²) in [5, 5.41) is 2.90. The zero-order chi connectivity index (χ0) is 15.0. The van der Waals surface area contributed by atoms with E-state index in [-0.39, 0.29) is 17.7 Å². The first-order valence-electron chi connectivity index (χ1n) is 7.32. The number of nitrogens with one attached hydrogen (secondary N) is 1. The predicted octanol–water partition coefficient (Wildman–Crippen LogP) is 1.65. The van der Waals surface area contributed by atoms with Crippen LogP contribution >= 0.6 is 0 Å². The summed E-state index contributed by atoms with van der Waals surface area (Å²) < 4.78 is 0. The third-order valence-corrected chi connectivity index (χ3v) is 3.85. The summed E-state index contributed by atoms with van der Waals surface area (Å²) in [6, 6.07) is 5.62. The number of carbonyl (C=O) groups is 3. The van der Waals surface area contributed by atoms with Gasteiger partial charge in [-0.25, -0.2) is 0 Å². The molecule has 0 saturated heterocycles. The van der Waals surface area contributed by atoms with E-state index in [1.807, 2.05) is 13.0 Å². The summed E-state index contributed by atoms with van der Waals surface area (Å²) in [6.45, 7) is 2.19. The molecule has 1 aliphatic heterocycles. The SMILES string of the molecule is Cc1ccc2c(c1)C(=O)N(CCCC(=O)NC1CC1)C2=O. The average molecular weight is 286 g/mol. The quantitative estimate of drug-likeness (QED) is 0.837. The second-order valence-electron chi connectivity index (χ2n) is 5.76. The lowest BCUT2D eigenvalue weighted by atomic mass is 10.1. The zero-order valence-corrected chi connectivity index (χ0v) is 12.0. The number of amides is 3. The molecule has 110 valence electrons. The van der Waals surface area contributed by atoms with E-state index in [4.69, 9.17) is 0 Å². The number of fused-ring (bicyclic) bond motifs is 1. The van der Waals surface area contributed by atoms with E-state index in [0.717, 1.165) is 18.4 Å². The van der Waals surface area contributed by atoms with Gasteiger partial charge in [0, 0.05) is 19.0 Å². The van der Waals surface area contributed by atoms with Crippen molar-refractivity contribution in [3.8, 4) is 0 Å². The van der Waals surface area contributed by atoms with Crippen LogP contribution in [0.3, 0.4) is 0 Å². The van der Waals surface area contributed by atoms with Crippen LogP contribution in [-0.4, -0.2) is 35.2 Å². The van der Waals surface area contributed by atoms with Gasteiger partial charge in [-0.2, -0.15) is 0 Å². The first kappa shape index (κ1) is 13.8. The lowest BCUT2D eigenvalue weighted by molar-refractivity contribution is -0.121. The molecular weight excluding hydrogens is 268 g/mol. The van der Waals surface area contributed by atoms with Gasteiger partial charge in [0.05, 0.1) is 11.1 Å². The van der Waals surface area contributed by atoms with Crippen molar-refractivity contribution in [3.05, 3.63) is 34.9 Å². The van der Waals surface area contributed by atoms with Crippen molar-refractivity contribution < 1.29 is 14.4 Å². The third kappa shape index (κ3) is 2.82. The van der Waals surface area contributed by atoms with Crippen molar-refractivity contribution in [2.24, 2.45) is 0 Å². The molecule has 1 aromatic rings. The molecule has 2 aliphatic rings. The highest BCUT2D eigenvalue weighted by Crippen LogP contribution is 2.24. The molecule has 1 aliphatic carbocycles. The maximum Gasteiger partial charge on any atom is 0.261 e. The number of benzene rings is 1. The van der Waals surface area contributed by atoms with E-state index in [0.29, 0.717) is 36.6 Å². The van der Waals surface area contributed by atoms with Gasteiger partial charge in [-0.05, 0) is 38.3 Å². The second-order valence-corrected chi connectivity index (χ2v) is 5.76. The number of aryl methyl sites for hydroxylation is 1. The molecule has 0 bridgehead atoms. The Kier molecular flexibility index (Phi) is 3.49. The van der Waals surface area contributed by atoms with Gasteiger partial charge in [-0.15, -0.1) is 0 Å². The first-order chi connectivity index (χ1) is 10.1. The Morgan fingerprint density at radius 3 is 2.67 bits per heavy atom. The molecule has 1 aromatic carbocycles. The highest BCUT2D eigenvalue weighted by Gasteiger charge is 2.35. The monoisotopic (exact) mass is 286 g/mol. The molecule has 1 heterocycles. The number of hydrogen-bond donors (Lipinski definition) is 1. The molecular formula is C16H18N2O3. The second kappa shape index (κ2) is 5.31. The van der Waals surface area contributed by atoms with Gasteiger partial charge in [0.2, 0.25) is 5.91 Å². The van der Waals surface area contributed by atoms with E-state index >= 15 is 0 Å². The Morgan fingerprint density at radius 1 is 1.24 bits per heavy atom. The molecule has 1 fully saturated rings. The average Bonchev–Trinajstić information content (AvgIpc) is 3.22. The Hall–Kier alpha value is -2.17. The van der Waals surface area contributed by atoms with Crippen molar-refractivity contribution in [2.75, 3.05) is 6.54 Å². The molecule has 0 radical (unpaired) electrons. The van der Waals surface area contributed by atoms with Crippen LogP contribution in [0.4, 0.5) is 0 Å². The normalized spacial score (nSPS) is 17.1. The Balaban J connectivity index is 1.58. The van der Waals surface area contributed by atoms with Crippen LogP contribution < -0.4 is 5.32 Å². The maximum atomic E-state index is 12.2. The lowest BCUT2D eigenvalue weighted by Gasteiger charge is -2.13. The standard InChI is InChI=1S/C16H18N2O3/c1-10-4-7-12-13(9-10)16(21)18(15(12)20)8-2-3-14(19)17-11-5-6-11/h4,7,9,11H,2-3,5-6,8H2,1H3,(H,17,19). The van der Waals surface area contributed by atoms with Crippen LogP contribution in [0.1, 0.15) is 52.0 Å². The molecule has 1 saturated carbocycles. The fraction of sp³-hybridized carbons (Fsp3) is 0.438. The van der Waals surface area contributed by atoms with Crippen molar-refractivity contribution >= 4 is 17.7 Å².